The van der Waals surface area contributed by atoms with Gasteiger partial charge in [0.05, 0.1) is 5.25 Å². The molecule has 0 spiro atoms. The van der Waals surface area contributed by atoms with Gasteiger partial charge in [0.1, 0.15) is 5.82 Å². The Balaban J connectivity index is 2.06. The quantitative estimate of drug-likeness (QED) is 0.929. The van der Waals surface area contributed by atoms with E-state index < -0.39 is 9.84 Å². The highest BCUT2D eigenvalue weighted by atomic mass is 32.2. The van der Waals surface area contributed by atoms with E-state index in [1.807, 2.05) is 12.1 Å². The lowest BCUT2D eigenvalue weighted by Gasteiger charge is -2.20. The minimum Gasteiger partial charge on any atom is -0.309 e. The zero-order valence-electron chi connectivity index (χ0n) is 12.2. The molecule has 1 aromatic rings. The molecule has 2 rings (SSSR count). The van der Waals surface area contributed by atoms with Crippen LogP contribution < -0.4 is 5.32 Å². The predicted molar refractivity (Wildman–Crippen MR) is 79.0 cm³/mol. The molecule has 20 heavy (non-hydrogen) atoms. The summed E-state index contributed by atoms with van der Waals surface area (Å²) in [4.78, 5) is 0. The third kappa shape index (κ3) is 3.38. The summed E-state index contributed by atoms with van der Waals surface area (Å²) in [5.41, 5.74) is 2.27. The van der Waals surface area contributed by atoms with Crippen molar-refractivity contribution in [2.45, 2.75) is 50.9 Å². The molecule has 0 saturated heterocycles. The molecule has 3 nitrogen and oxygen atoms in total. The van der Waals surface area contributed by atoms with Gasteiger partial charge in [-0.2, -0.15) is 0 Å². The number of aryl methyl sites for hydroxylation is 2. The molecule has 112 valence electrons. The summed E-state index contributed by atoms with van der Waals surface area (Å²) < 4.78 is 37.0. The first-order chi connectivity index (χ1) is 9.29. The minimum atomic E-state index is -3.00. The van der Waals surface area contributed by atoms with E-state index in [-0.39, 0.29) is 17.1 Å². The van der Waals surface area contributed by atoms with Gasteiger partial charge < -0.3 is 5.32 Å². The first-order valence-electron chi connectivity index (χ1n) is 6.97. The molecule has 2 unspecified atom stereocenters. The molecule has 0 radical (unpaired) electrons. The van der Waals surface area contributed by atoms with Crippen molar-refractivity contribution in [1.82, 2.24) is 5.32 Å². The normalized spacial score (nSPS) is 23.2. The molecule has 0 bridgehead atoms. The lowest BCUT2D eigenvalue weighted by molar-refractivity contribution is 0.506. The van der Waals surface area contributed by atoms with Crippen molar-refractivity contribution in [2.75, 3.05) is 6.26 Å². The Labute approximate surface area is 120 Å². The molecule has 1 aliphatic rings. The van der Waals surface area contributed by atoms with Crippen LogP contribution in [0.4, 0.5) is 4.39 Å². The standard InChI is InChI=1S/C15H22FNO2S/c1-10-7-12(8-11(2)15(10)16)9-17-13-5-4-6-14(13)20(3,18)19/h7-8,13-14,17H,4-6,9H2,1-3H3. The second kappa shape index (κ2) is 5.82. The Morgan fingerprint density at radius 1 is 1.25 bits per heavy atom. The molecule has 1 fully saturated rings. The van der Waals surface area contributed by atoms with Crippen LogP contribution in [0.25, 0.3) is 0 Å². The van der Waals surface area contributed by atoms with Crippen LogP contribution in [0.2, 0.25) is 0 Å². The second-order valence-electron chi connectivity index (χ2n) is 5.83. The lowest BCUT2D eigenvalue weighted by atomic mass is 10.1. The Morgan fingerprint density at radius 3 is 2.40 bits per heavy atom. The summed E-state index contributed by atoms with van der Waals surface area (Å²) in [6.45, 7) is 4.08. The van der Waals surface area contributed by atoms with Gasteiger partial charge in [-0.25, -0.2) is 12.8 Å². The van der Waals surface area contributed by atoms with Crippen molar-refractivity contribution in [3.63, 3.8) is 0 Å². The summed E-state index contributed by atoms with van der Waals surface area (Å²) in [7, 11) is -3.00. The topological polar surface area (TPSA) is 46.2 Å². The maximum Gasteiger partial charge on any atom is 0.151 e. The maximum absolute atomic E-state index is 13.6. The summed E-state index contributed by atoms with van der Waals surface area (Å²) in [6, 6.07) is 3.65. The molecular formula is C15H22FNO2S. The Hall–Kier alpha value is -0.940. The van der Waals surface area contributed by atoms with E-state index in [0.29, 0.717) is 17.7 Å². The number of rotatable bonds is 4. The molecule has 5 heteroatoms. The monoisotopic (exact) mass is 299 g/mol. The number of halogens is 1. The van der Waals surface area contributed by atoms with Crippen LogP contribution in [0.5, 0.6) is 0 Å². The van der Waals surface area contributed by atoms with E-state index in [2.05, 4.69) is 5.32 Å². The third-order valence-electron chi connectivity index (χ3n) is 4.07. The maximum atomic E-state index is 13.6. The number of hydrogen-bond acceptors (Lipinski definition) is 3. The van der Waals surface area contributed by atoms with Crippen LogP contribution in [0.1, 0.15) is 36.0 Å². The molecule has 0 aliphatic heterocycles. The van der Waals surface area contributed by atoms with Gasteiger partial charge in [-0.1, -0.05) is 18.6 Å². The first-order valence-corrected chi connectivity index (χ1v) is 8.92. The molecule has 1 aliphatic carbocycles. The van der Waals surface area contributed by atoms with Gasteiger partial charge in [0, 0.05) is 18.8 Å². The number of nitrogens with one attached hydrogen (secondary N) is 1. The van der Waals surface area contributed by atoms with Crippen molar-refractivity contribution in [1.29, 1.82) is 0 Å². The largest absolute Gasteiger partial charge is 0.309 e. The van der Waals surface area contributed by atoms with Crippen molar-refractivity contribution < 1.29 is 12.8 Å². The fourth-order valence-electron chi connectivity index (χ4n) is 3.06. The SMILES string of the molecule is Cc1cc(CNC2CCCC2S(C)(=O)=O)cc(C)c1F. The van der Waals surface area contributed by atoms with E-state index in [9.17, 15) is 12.8 Å². The zero-order valence-corrected chi connectivity index (χ0v) is 13.1. The number of benzene rings is 1. The molecule has 1 aromatic carbocycles. The highest BCUT2D eigenvalue weighted by Gasteiger charge is 2.34. The van der Waals surface area contributed by atoms with Crippen LogP contribution in [0.3, 0.4) is 0 Å². The third-order valence-corrected chi connectivity index (χ3v) is 5.73. The van der Waals surface area contributed by atoms with E-state index >= 15 is 0 Å². The highest BCUT2D eigenvalue weighted by Crippen LogP contribution is 2.25. The van der Waals surface area contributed by atoms with Crippen molar-refractivity contribution >= 4 is 9.84 Å². The van der Waals surface area contributed by atoms with E-state index in [0.717, 1.165) is 24.8 Å². The van der Waals surface area contributed by atoms with Gasteiger partial charge in [-0.3, -0.25) is 0 Å². The lowest BCUT2D eigenvalue weighted by Crippen LogP contribution is -2.39. The Morgan fingerprint density at radius 2 is 1.85 bits per heavy atom. The van der Waals surface area contributed by atoms with Gasteiger partial charge in [-0.05, 0) is 43.4 Å². The molecular weight excluding hydrogens is 277 g/mol. The van der Waals surface area contributed by atoms with Crippen molar-refractivity contribution in [3.05, 3.63) is 34.6 Å². The fraction of sp³-hybridized carbons (Fsp3) is 0.600. The van der Waals surface area contributed by atoms with E-state index in [1.165, 1.54) is 6.26 Å². The van der Waals surface area contributed by atoms with Crippen LogP contribution in [-0.2, 0) is 16.4 Å². The predicted octanol–water partition coefficient (Wildman–Crippen LogP) is 2.50. The highest BCUT2D eigenvalue weighted by molar-refractivity contribution is 7.91. The van der Waals surface area contributed by atoms with Gasteiger partial charge in [0.25, 0.3) is 0 Å². The molecule has 1 saturated carbocycles. The van der Waals surface area contributed by atoms with Gasteiger partial charge in [0.15, 0.2) is 9.84 Å². The molecule has 0 amide bonds. The van der Waals surface area contributed by atoms with Crippen LogP contribution in [-0.4, -0.2) is 26.0 Å². The molecule has 2 atom stereocenters. The van der Waals surface area contributed by atoms with E-state index in [1.54, 1.807) is 13.8 Å². The molecule has 1 N–H and O–H groups in total. The summed E-state index contributed by atoms with van der Waals surface area (Å²) >= 11 is 0. The first kappa shape index (κ1) is 15.4. The Bertz CT molecular complexity index is 575. The molecule has 0 heterocycles. The van der Waals surface area contributed by atoms with Crippen molar-refractivity contribution in [3.8, 4) is 0 Å². The van der Waals surface area contributed by atoms with Crippen LogP contribution in [0.15, 0.2) is 12.1 Å². The van der Waals surface area contributed by atoms with Gasteiger partial charge in [0.2, 0.25) is 0 Å². The average Bonchev–Trinajstić information content (AvgIpc) is 2.81. The number of sulfone groups is 1. The average molecular weight is 299 g/mol. The van der Waals surface area contributed by atoms with Crippen LogP contribution >= 0.6 is 0 Å². The summed E-state index contributed by atoms with van der Waals surface area (Å²) in [6.07, 6.45) is 3.87. The van der Waals surface area contributed by atoms with E-state index in [4.69, 9.17) is 0 Å². The number of hydrogen-bond donors (Lipinski definition) is 1. The minimum absolute atomic E-state index is 0.00988. The Kier molecular flexibility index (Phi) is 4.49. The second-order valence-corrected chi connectivity index (χ2v) is 8.09. The van der Waals surface area contributed by atoms with Crippen LogP contribution in [0, 0.1) is 19.7 Å². The van der Waals surface area contributed by atoms with Crippen molar-refractivity contribution in [2.24, 2.45) is 0 Å². The smallest absolute Gasteiger partial charge is 0.151 e. The fourth-order valence-corrected chi connectivity index (χ4v) is 4.48. The molecule has 0 aromatic heterocycles. The summed E-state index contributed by atoms with van der Waals surface area (Å²) in [5, 5.41) is 3.04. The van der Waals surface area contributed by atoms with Gasteiger partial charge >= 0.3 is 0 Å². The zero-order chi connectivity index (χ0) is 14.9. The van der Waals surface area contributed by atoms with Gasteiger partial charge in [-0.15, -0.1) is 0 Å². The summed E-state index contributed by atoms with van der Waals surface area (Å²) in [5.74, 6) is -0.163.